The van der Waals surface area contributed by atoms with E-state index in [1.165, 1.54) is 0 Å². The molecule has 1 saturated carbocycles. The summed E-state index contributed by atoms with van der Waals surface area (Å²) in [6.07, 6.45) is 4.74. The van der Waals surface area contributed by atoms with Crippen LogP contribution in [-0.4, -0.2) is 21.0 Å². The van der Waals surface area contributed by atoms with E-state index in [-0.39, 0.29) is 0 Å². The minimum Gasteiger partial charge on any atom is -0.481 e. The average molecular weight is 234 g/mol. The summed E-state index contributed by atoms with van der Waals surface area (Å²) < 4.78 is 0. The Balaban J connectivity index is 2.21. The molecule has 1 heterocycles. The lowest BCUT2D eigenvalue weighted by molar-refractivity contribution is -0.147. The molecule has 1 aromatic heterocycles. The van der Waals surface area contributed by atoms with E-state index in [9.17, 15) is 14.7 Å². The molecule has 90 valence electrons. The van der Waals surface area contributed by atoms with Gasteiger partial charge in [0.2, 0.25) is 0 Å². The number of rotatable bonds is 2. The lowest BCUT2D eigenvalue weighted by Gasteiger charge is -2.37. The lowest BCUT2D eigenvalue weighted by atomic mass is 9.65. The van der Waals surface area contributed by atoms with Crippen LogP contribution in [0.4, 0.5) is 0 Å². The van der Waals surface area contributed by atoms with Crippen molar-refractivity contribution in [1.29, 1.82) is 0 Å². The molecule has 0 unspecified atom stereocenters. The van der Waals surface area contributed by atoms with Gasteiger partial charge in [-0.3, -0.25) is 4.79 Å². The zero-order valence-electron chi connectivity index (χ0n) is 9.45. The molecule has 0 bridgehead atoms. The first kappa shape index (κ1) is 10.5. The first-order valence-electron chi connectivity index (χ1n) is 5.99. The van der Waals surface area contributed by atoms with Gasteiger partial charge >= 0.3 is 11.7 Å². The monoisotopic (exact) mass is 234 g/mol. The molecule has 0 atom stereocenters. The van der Waals surface area contributed by atoms with Crippen LogP contribution in [0.1, 0.15) is 42.6 Å². The largest absolute Gasteiger partial charge is 0.481 e. The predicted octanol–water partition coefficient (Wildman–Crippen LogP) is 0.765. The van der Waals surface area contributed by atoms with E-state index in [1.807, 2.05) is 0 Å². The Kier molecular flexibility index (Phi) is 2.11. The highest BCUT2D eigenvalue weighted by Gasteiger charge is 2.49. The summed E-state index contributed by atoms with van der Waals surface area (Å²) >= 11 is 0. The van der Waals surface area contributed by atoms with Gasteiger partial charge in [-0.25, -0.2) is 4.79 Å². The molecule has 3 rings (SSSR count). The molecule has 0 radical (unpaired) electrons. The maximum atomic E-state index is 11.5. The summed E-state index contributed by atoms with van der Waals surface area (Å²) in [5, 5.41) is 9.41. The second-order valence-electron chi connectivity index (χ2n) is 4.94. The van der Waals surface area contributed by atoms with Crippen LogP contribution < -0.4 is 5.69 Å². The maximum absolute atomic E-state index is 11.5. The highest BCUT2D eigenvalue weighted by molar-refractivity contribution is 5.82. The van der Waals surface area contributed by atoms with Gasteiger partial charge in [0.25, 0.3) is 0 Å². The van der Waals surface area contributed by atoms with Crippen molar-refractivity contribution in [3.63, 3.8) is 0 Å². The molecule has 0 saturated heterocycles. The molecular formula is C12H14N2O3. The van der Waals surface area contributed by atoms with E-state index in [4.69, 9.17) is 0 Å². The Morgan fingerprint density at radius 3 is 2.65 bits per heavy atom. The van der Waals surface area contributed by atoms with Crippen molar-refractivity contribution in [2.45, 2.75) is 43.9 Å². The number of aliphatic carboxylic acids is 1. The summed E-state index contributed by atoms with van der Waals surface area (Å²) in [7, 11) is 0. The van der Waals surface area contributed by atoms with Crippen LogP contribution in [0.15, 0.2) is 4.79 Å². The van der Waals surface area contributed by atoms with Crippen LogP contribution in [0.3, 0.4) is 0 Å². The summed E-state index contributed by atoms with van der Waals surface area (Å²) in [5.74, 6) is -0.837. The molecule has 0 aromatic carbocycles. The van der Waals surface area contributed by atoms with Gasteiger partial charge in [-0.1, -0.05) is 6.42 Å². The predicted molar refractivity (Wildman–Crippen MR) is 60.0 cm³/mol. The van der Waals surface area contributed by atoms with Crippen LogP contribution in [0.5, 0.6) is 0 Å². The minimum atomic E-state index is -0.886. The van der Waals surface area contributed by atoms with Crippen LogP contribution in [0.25, 0.3) is 0 Å². The number of H-pyrrole nitrogens is 1. The number of carbonyl (C=O) groups is 1. The van der Waals surface area contributed by atoms with Crippen LogP contribution in [0.2, 0.25) is 0 Å². The molecular weight excluding hydrogens is 220 g/mol. The number of aromatic nitrogens is 2. The number of fused-ring (bicyclic) bond motifs is 1. The van der Waals surface area contributed by atoms with Gasteiger partial charge in [0.1, 0.15) is 5.41 Å². The zero-order chi connectivity index (χ0) is 12.0. The van der Waals surface area contributed by atoms with Crippen molar-refractivity contribution in [1.82, 2.24) is 9.97 Å². The van der Waals surface area contributed by atoms with Crippen molar-refractivity contribution in [2.75, 3.05) is 0 Å². The molecule has 2 aliphatic carbocycles. The fourth-order valence-corrected chi connectivity index (χ4v) is 2.95. The van der Waals surface area contributed by atoms with Gasteiger partial charge in [-0.05, 0) is 37.7 Å². The Labute approximate surface area is 97.9 Å². The molecule has 0 amide bonds. The van der Waals surface area contributed by atoms with Crippen LogP contribution in [0, 0.1) is 0 Å². The number of carboxylic acid groups (broad SMARTS) is 1. The van der Waals surface area contributed by atoms with Gasteiger partial charge in [0.15, 0.2) is 0 Å². The van der Waals surface area contributed by atoms with Crippen molar-refractivity contribution >= 4 is 5.97 Å². The number of hydrogen-bond donors (Lipinski definition) is 2. The molecule has 17 heavy (non-hydrogen) atoms. The fraction of sp³-hybridized carbons (Fsp3) is 0.583. The zero-order valence-corrected chi connectivity index (χ0v) is 9.45. The second kappa shape index (κ2) is 3.42. The van der Waals surface area contributed by atoms with E-state index in [1.54, 1.807) is 0 Å². The normalized spacial score (nSPS) is 20.7. The summed E-state index contributed by atoms with van der Waals surface area (Å²) in [5.41, 5.74) is 1.11. The molecule has 2 N–H and O–H groups in total. The molecule has 0 aliphatic heterocycles. The second-order valence-corrected chi connectivity index (χ2v) is 4.94. The smallest absolute Gasteiger partial charge is 0.345 e. The molecule has 1 fully saturated rings. The topological polar surface area (TPSA) is 83.0 Å². The van der Waals surface area contributed by atoms with Crippen LogP contribution in [-0.2, 0) is 23.1 Å². The third-order valence-corrected chi connectivity index (χ3v) is 4.04. The standard InChI is InChI=1S/C12H14N2O3/c15-10(16)12(5-2-6-12)9-7-3-1-4-8(7)13-11(17)14-9/h1-6H2,(H,15,16)(H,13,14,17). The lowest BCUT2D eigenvalue weighted by Crippen LogP contribution is -2.45. The van der Waals surface area contributed by atoms with Crippen molar-refractivity contribution < 1.29 is 9.90 Å². The van der Waals surface area contributed by atoms with E-state index in [2.05, 4.69) is 9.97 Å². The Hall–Kier alpha value is -1.65. The third kappa shape index (κ3) is 1.34. The van der Waals surface area contributed by atoms with E-state index < -0.39 is 17.1 Å². The third-order valence-electron chi connectivity index (χ3n) is 4.04. The maximum Gasteiger partial charge on any atom is 0.345 e. The molecule has 1 aromatic rings. The molecule has 5 heteroatoms. The molecule has 2 aliphatic rings. The number of carboxylic acids is 1. The van der Waals surface area contributed by atoms with Gasteiger partial charge in [-0.2, -0.15) is 4.98 Å². The minimum absolute atomic E-state index is 0.409. The van der Waals surface area contributed by atoms with Gasteiger partial charge < -0.3 is 10.1 Å². The molecule has 0 spiro atoms. The Bertz CT molecular complexity index is 543. The first-order chi connectivity index (χ1) is 8.13. The average Bonchev–Trinajstić information content (AvgIpc) is 2.62. The number of nitrogens with zero attached hydrogens (tertiary/aromatic N) is 1. The Morgan fingerprint density at radius 1 is 1.29 bits per heavy atom. The van der Waals surface area contributed by atoms with Crippen LogP contribution >= 0.6 is 0 Å². The van der Waals surface area contributed by atoms with E-state index in [0.29, 0.717) is 18.5 Å². The summed E-state index contributed by atoms with van der Waals surface area (Å²) in [6, 6.07) is 0. The number of aromatic amines is 1. The van der Waals surface area contributed by atoms with Crippen molar-refractivity contribution in [2.24, 2.45) is 0 Å². The number of aryl methyl sites for hydroxylation is 1. The summed E-state index contributed by atoms with van der Waals surface area (Å²) in [6.45, 7) is 0. The Morgan fingerprint density at radius 2 is 2.06 bits per heavy atom. The summed E-state index contributed by atoms with van der Waals surface area (Å²) in [4.78, 5) is 29.7. The van der Waals surface area contributed by atoms with Gasteiger partial charge in [0.05, 0.1) is 5.69 Å². The number of hydrogen-bond acceptors (Lipinski definition) is 3. The van der Waals surface area contributed by atoms with E-state index in [0.717, 1.165) is 36.9 Å². The van der Waals surface area contributed by atoms with Crippen molar-refractivity contribution in [3.8, 4) is 0 Å². The highest BCUT2D eigenvalue weighted by atomic mass is 16.4. The van der Waals surface area contributed by atoms with Crippen molar-refractivity contribution in [3.05, 3.63) is 27.4 Å². The number of nitrogens with one attached hydrogen (secondary N) is 1. The van der Waals surface area contributed by atoms with Gasteiger partial charge in [-0.15, -0.1) is 0 Å². The quantitative estimate of drug-likeness (QED) is 0.791. The first-order valence-corrected chi connectivity index (χ1v) is 5.99. The SMILES string of the molecule is O=C(O)C1(c2nc(=O)[nH]c3c2CCC3)CCC1. The van der Waals surface area contributed by atoms with Gasteiger partial charge in [0, 0.05) is 5.69 Å². The fourth-order valence-electron chi connectivity index (χ4n) is 2.95. The highest BCUT2D eigenvalue weighted by Crippen LogP contribution is 2.45. The molecule has 5 nitrogen and oxygen atoms in total. The van der Waals surface area contributed by atoms with E-state index >= 15 is 0 Å².